The van der Waals surface area contributed by atoms with Crippen molar-refractivity contribution in [3.63, 3.8) is 0 Å². The number of nitrogens with zero attached hydrogens (tertiary/aromatic N) is 1. The number of aromatic nitrogens is 1. The van der Waals surface area contributed by atoms with Crippen LogP contribution in [0.1, 0.15) is 45.7 Å². The summed E-state index contributed by atoms with van der Waals surface area (Å²) in [5.74, 6) is 2.32. The van der Waals surface area contributed by atoms with Crippen molar-refractivity contribution < 1.29 is 4.79 Å². The molecule has 3 unspecified atom stereocenters. The number of hydrogen-bond acceptors (Lipinski definition) is 2. The predicted octanol–water partition coefficient (Wildman–Crippen LogP) is 3.45. The van der Waals surface area contributed by atoms with Gasteiger partial charge in [-0.2, -0.15) is 0 Å². The molecule has 1 fully saturated rings. The van der Waals surface area contributed by atoms with E-state index in [4.69, 9.17) is 0 Å². The molecule has 1 aliphatic rings. The highest BCUT2D eigenvalue weighted by Gasteiger charge is 2.34. The van der Waals surface area contributed by atoms with Crippen molar-refractivity contribution in [2.75, 3.05) is 6.54 Å². The van der Waals surface area contributed by atoms with Crippen LogP contribution < -0.4 is 5.32 Å². The lowest BCUT2D eigenvalue weighted by atomic mass is 9.69. The molecule has 21 heavy (non-hydrogen) atoms. The normalized spacial score (nSPS) is 25.8. The van der Waals surface area contributed by atoms with E-state index in [2.05, 4.69) is 31.1 Å². The van der Waals surface area contributed by atoms with E-state index in [-0.39, 0.29) is 11.8 Å². The van der Waals surface area contributed by atoms with E-state index in [0.717, 1.165) is 24.5 Å². The van der Waals surface area contributed by atoms with Gasteiger partial charge < -0.3 is 5.32 Å². The van der Waals surface area contributed by atoms with Crippen LogP contribution in [-0.2, 0) is 11.2 Å². The molecule has 1 amide bonds. The molecule has 0 bridgehead atoms. The number of rotatable bonds is 5. The monoisotopic (exact) mass is 288 g/mol. The average Bonchev–Trinajstić information content (AvgIpc) is 2.48. The predicted molar refractivity (Wildman–Crippen MR) is 85.8 cm³/mol. The zero-order chi connectivity index (χ0) is 15.2. The van der Waals surface area contributed by atoms with E-state index >= 15 is 0 Å². The fraction of sp³-hybridized carbons (Fsp3) is 0.667. The number of carbonyl (C=O) groups excluding carboxylic acids is 1. The zero-order valence-electron chi connectivity index (χ0n) is 13.5. The number of hydrogen-bond donors (Lipinski definition) is 1. The molecule has 3 heteroatoms. The Balaban J connectivity index is 1.84. The van der Waals surface area contributed by atoms with Crippen molar-refractivity contribution in [2.24, 2.45) is 23.7 Å². The number of amides is 1. The maximum absolute atomic E-state index is 12.5. The molecule has 1 aromatic heterocycles. The largest absolute Gasteiger partial charge is 0.355 e. The number of pyridine rings is 1. The van der Waals surface area contributed by atoms with E-state index in [0.29, 0.717) is 18.4 Å². The van der Waals surface area contributed by atoms with Crippen molar-refractivity contribution in [1.29, 1.82) is 0 Å². The summed E-state index contributed by atoms with van der Waals surface area (Å²) in [6, 6.07) is 5.91. The van der Waals surface area contributed by atoms with Crippen molar-refractivity contribution in [3.05, 3.63) is 30.1 Å². The summed E-state index contributed by atoms with van der Waals surface area (Å²) >= 11 is 0. The summed E-state index contributed by atoms with van der Waals surface area (Å²) in [7, 11) is 0. The summed E-state index contributed by atoms with van der Waals surface area (Å²) < 4.78 is 0. The van der Waals surface area contributed by atoms with Crippen LogP contribution in [0.25, 0.3) is 0 Å². The first-order valence-corrected chi connectivity index (χ1v) is 8.25. The molecule has 0 spiro atoms. The Morgan fingerprint density at radius 3 is 2.86 bits per heavy atom. The topological polar surface area (TPSA) is 42.0 Å². The van der Waals surface area contributed by atoms with Crippen molar-refractivity contribution in [3.8, 4) is 0 Å². The van der Waals surface area contributed by atoms with Gasteiger partial charge in [-0.1, -0.05) is 26.8 Å². The Bertz CT molecular complexity index is 444. The fourth-order valence-corrected chi connectivity index (χ4v) is 3.48. The molecule has 3 nitrogen and oxygen atoms in total. The summed E-state index contributed by atoms with van der Waals surface area (Å²) in [5, 5.41) is 3.12. The average molecular weight is 288 g/mol. The van der Waals surface area contributed by atoms with Gasteiger partial charge in [-0.15, -0.1) is 0 Å². The van der Waals surface area contributed by atoms with E-state index in [1.54, 1.807) is 6.20 Å². The van der Waals surface area contributed by atoms with E-state index < -0.39 is 0 Å². The van der Waals surface area contributed by atoms with Gasteiger partial charge in [0.25, 0.3) is 0 Å². The van der Waals surface area contributed by atoms with Crippen LogP contribution in [-0.4, -0.2) is 17.4 Å². The number of nitrogens with one attached hydrogen (secondary N) is 1. The highest BCUT2D eigenvalue weighted by molar-refractivity contribution is 5.79. The van der Waals surface area contributed by atoms with Crippen LogP contribution in [0.3, 0.4) is 0 Å². The summed E-state index contributed by atoms with van der Waals surface area (Å²) in [6.07, 6.45) is 6.02. The first-order valence-electron chi connectivity index (χ1n) is 8.25. The first kappa shape index (κ1) is 16.0. The summed E-state index contributed by atoms with van der Waals surface area (Å²) in [4.78, 5) is 16.8. The molecule has 3 atom stereocenters. The lowest BCUT2D eigenvalue weighted by Crippen LogP contribution is -2.40. The minimum atomic E-state index is 0.199. The third-order valence-corrected chi connectivity index (χ3v) is 4.76. The van der Waals surface area contributed by atoms with E-state index in [9.17, 15) is 4.79 Å². The second kappa shape index (κ2) is 7.58. The molecule has 0 saturated heterocycles. The van der Waals surface area contributed by atoms with Crippen LogP contribution in [0.15, 0.2) is 24.4 Å². The Kier molecular flexibility index (Phi) is 5.77. The van der Waals surface area contributed by atoms with Crippen LogP contribution in [0.2, 0.25) is 0 Å². The lowest BCUT2D eigenvalue weighted by molar-refractivity contribution is -0.129. The van der Waals surface area contributed by atoms with Gasteiger partial charge in [-0.05, 0) is 49.1 Å². The molecule has 2 rings (SSSR count). The van der Waals surface area contributed by atoms with Gasteiger partial charge in [0.2, 0.25) is 5.91 Å². The van der Waals surface area contributed by atoms with Gasteiger partial charge in [0.05, 0.1) is 0 Å². The smallest absolute Gasteiger partial charge is 0.223 e. The van der Waals surface area contributed by atoms with Crippen LogP contribution in [0.5, 0.6) is 0 Å². The highest BCUT2D eigenvalue weighted by atomic mass is 16.1. The molecule has 1 aromatic rings. The maximum atomic E-state index is 12.5. The van der Waals surface area contributed by atoms with Gasteiger partial charge >= 0.3 is 0 Å². The second-order valence-electron chi connectivity index (χ2n) is 6.79. The quantitative estimate of drug-likeness (QED) is 0.901. The molecule has 0 aromatic carbocycles. The van der Waals surface area contributed by atoms with Gasteiger partial charge in [-0.3, -0.25) is 9.78 Å². The molecule has 1 aliphatic carbocycles. The van der Waals surface area contributed by atoms with Crippen LogP contribution in [0, 0.1) is 23.7 Å². The summed E-state index contributed by atoms with van der Waals surface area (Å²) in [6.45, 7) is 7.49. The van der Waals surface area contributed by atoms with E-state index in [1.807, 2.05) is 18.2 Å². The van der Waals surface area contributed by atoms with Crippen molar-refractivity contribution in [2.45, 2.75) is 46.5 Å². The highest BCUT2D eigenvalue weighted by Crippen LogP contribution is 2.38. The molecule has 1 heterocycles. The molecular formula is C18H28N2O. The summed E-state index contributed by atoms with van der Waals surface area (Å²) in [5.41, 5.74) is 1.04. The van der Waals surface area contributed by atoms with Gasteiger partial charge in [-0.25, -0.2) is 0 Å². The van der Waals surface area contributed by atoms with Gasteiger partial charge in [0.15, 0.2) is 0 Å². The van der Waals surface area contributed by atoms with E-state index in [1.165, 1.54) is 12.8 Å². The Morgan fingerprint density at radius 1 is 1.38 bits per heavy atom. The zero-order valence-corrected chi connectivity index (χ0v) is 13.5. The standard InChI is InChI=1S/C18H28N2O/c1-13(2)17-12-14(3)7-8-16(17)18(21)20-11-9-15-6-4-5-10-19-15/h4-6,10,13-14,16-17H,7-9,11-12H2,1-3H3,(H,20,21). The minimum absolute atomic E-state index is 0.199. The molecule has 1 N–H and O–H groups in total. The van der Waals surface area contributed by atoms with Gasteiger partial charge in [0.1, 0.15) is 0 Å². The molecule has 0 aliphatic heterocycles. The minimum Gasteiger partial charge on any atom is -0.355 e. The molecular weight excluding hydrogens is 260 g/mol. The van der Waals surface area contributed by atoms with Gasteiger partial charge in [0, 0.05) is 30.8 Å². The molecule has 0 radical (unpaired) electrons. The second-order valence-corrected chi connectivity index (χ2v) is 6.79. The third kappa shape index (κ3) is 4.55. The Labute approximate surface area is 128 Å². The molecule has 116 valence electrons. The van der Waals surface area contributed by atoms with Crippen molar-refractivity contribution in [1.82, 2.24) is 10.3 Å². The molecule has 1 saturated carbocycles. The van der Waals surface area contributed by atoms with Crippen molar-refractivity contribution >= 4 is 5.91 Å². The fourth-order valence-electron chi connectivity index (χ4n) is 3.48. The Hall–Kier alpha value is -1.38. The maximum Gasteiger partial charge on any atom is 0.223 e. The van der Waals surface area contributed by atoms with Crippen LogP contribution in [0.4, 0.5) is 0 Å². The number of carbonyl (C=O) groups is 1. The third-order valence-electron chi connectivity index (χ3n) is 4.76. The van der Waals surface area contributed by atoms with Crippen LogP contribution >= 0.6 is 0 Å². The first-order chi connectivity index (χ1) is 10.1. The Morgan fingerprint density at radius 2 is 2.19 bits per heavy atom. The lowest BCUT2D eigenvalue weighted by Gasteiger charge is -2.36. The SMILES string of the molecule is CC1CCC(C(=O)NCCc2ccccn2)C(C(C)C)C1.